The first-order valence-electron chi connectivity index (χ1n) is 3.15. The Kier molecular flexibility index (Phi) is 2.65. The van der Waals surface area contributed by atoms with Crippen LogP contribution in [0.2, 0.25) is 0 Å². The second kappa shape index (κ2) is 3.23. The van der Waals surface area contributed by atoms with Crippen molar-refractivity contribution in [1.29, 1.82) is 0 Å². The SMILES string of the molecule is CS(=O)(=O)n1nc(C(F)(F)F)cc1Br. The molecule has 0 radical (unpaired) electrons. The standard InChI is InChI=1S/C5H4BrF3N2O2S/c1-14(12,13)11-4(6)2-3(10-11)5(7,8)9/h2H,1H3. The quantitative estimate of drug-likeness (QED) is 0.788. The predicted octanol–water partition coefficient (Wildman–Crippen LogP) is 1.47. The van der Waals surface area contributed by atoms with E-state index < -0.39 is 21.9 Å². The molecule has 1 rings (SSSR count). The van der Waals surface area contributed by atoms with Crippen LogP contribution in [0.15, 0.2) is 10.7 Å². The third kappa shape index (κ3) is 2.27. The average Bonchev–Trinajstić information content (AvgIpc) is 2.27. The van der Waals surface area contributed by atoms with Crippen molar-refractivity contribution in [2.24, 2.45) is 0 Å². The van der Waals surface area contributed by atoms with Crippen molar-refractivity contribution >= 4 is 26.0 Å². The molecular weight excluding hydrogens is 289 g/mol. The number of rotatable bonds is 1. The molecule has 0 aliphatic carbocycles. The molecule has 0 spiro atoms. The summed E-state index contributed by atoms with van der Waals surface area (Å²) in [4.78, 5) is 0. The van der Waals surface area contributed by atoms with Crippen molar-refractivity contribution in [3.63, 3.8) is 0 Å². The van der Waals surface area contributed by atoms with Gasteiger partial charge in [-0.1, -0.05) is 0 Å². The molecule has 0 amide bonds. The van der Waals surface area contributed by atoms with Crippen molar-refractivity contribution < 1.29 is 21.6 Å². The Morgan fingerprint density at radius 2 is 2.00 bits per heavy atom. The summed E-state index contributed by atoms with van der Waals surface area (Å²) in [7, 11) is -3.81. The Bertz CT molecular complexity index is 450. The fraction of sp³-hybridized carbons (Fsp3) is 0.400. The van der Waals surface area contributed by atoms with E-state index in [-0.39, 0.29) is 8.69 Å². The fourth-order valence-electron chi connectivity index (χ4n) is 0.714. The molecule has 1 aromatic heterocycles. The fourth-order valence-corrected chi connectivity index (χ4v) is 2.40. The average molecular weight is 293 g/mol. The summed E-state index contributed by atoms with van der Waals surface area (Å²) >= 11 is 2.67. The highest BCUT2D eigenvalue weighted by atomic mass is 79.9. The summed E-state index contributed by atoms with van der Waals surface area (Å²) in [5.74, 6) is 0. The smallest absolute Gasteiger partial charge is 0.205 e. The Balaban J connectivity index is 3.33. The number of alkyl halides is 3. The van der Waals surface area contributed by atoms with Gasteiger partial charge >= 0.3 is 6.18 Å². The minimum absolute atomic E-state index is 0.257. The van der Waals surface area contributed by atoms with Gasteiger partial charge in [-0.2, -0.15) is 22.4 Å². The summed E-state index contributed by atoms with van der Waals surface area (Å²) in [5.41, 5.74) is -1.25. The molecular formula is C5H4BrF3N2O2S. The lowest BCUT2D eigenvalue weighted by atomic mass is 10.4. The third-order valence-corrected chi connectivity index (χ3v) is 2.95. The lowest BCUT2D eigenvalue weighted by Crippen LogP contribution is -2.14. The van der Waals surface area contributed by atoms with E-state index in [0.717, 1.165) is 6.26 Å². The molecule has 4 nitrogen and oxygen atoms in total. The lowest BCUT2D eigenvalue weighted by Gasteiger charge is -2.00. The van der Waals surface area contributed by atoms with Gasteiger partial charge in [-0.05, 0) is 15.9 Å². The number of hydrogen-bond donors (Lipinski definition) is 0. The van der Waals surface area contributed by atoms with E-state index in [0.29, 0.717) is 6.07 Å². The van der Waals surface area contributed by atoms with E-state index >= 15 is 0 Å². The minimum Gasteiger partial charge on any atom is -0.205 e. The van der Waals surface area contributed by atoms with Gasteiger partial charge in [0.05, 0.1) is 6.26 Å². The first-order chi connectivity index (χ1) is 6.12. The molecule has 0 N–H and O–H groups in total. The van der Waals surface area contributed by atoms with Crippen LogP contribution in [-0.4, -0.2) is 23.9 Å². The topological polar surface area (TPSA) is 52.0 Å². The minimum atomic E-state index is -4.65. The van der Waals surface area contributed by atoms with Crippen LogP contribution < -0.4 is 0 Å². The molecule has 0 saturated carbocycles. The molecule has 14 heavy (non-hydrogen) atoms. The molecule has 1 aromatic rings. The van der Waals surface area contributed by atoms with Crippen LogP contribution in [0, 0.1) is 0 Å². The van der Waals surface area contributed by atoms with E-state index in [4.69, 9.17) is 0 Å². The van der Waals surface area contributed by atoms with Crippen LogP contribution in [-0.2, 0) is 16.2 Å². The van der Waals surface area contributed by atoms with E-state index in [1.165, 1.54) is 0 Å². The van der Waals surface area contributed by atoms with Crippen LogP contribution in [0.4, 0.5) is 13.2 Å². The zero-order valence-electron chi connectivity index (χ0n) is 6.71. The van der Waals surface area contributed by atoms with Crippen molar-refractivity contribution in [3.8, 4) is 0 Å². The molecule has 1 heterocycles. The maximum absolute atomic E-state index is 12.1. The molecule has 0 unspecified atom stereocenters. The molecule has 80 valence electrons. The highest BCUT2D eigenvalue weighted by Gasteiger charge is 2.35. The van der Waals surface area contributed by atoms with Gasteiger partial charge in [-0.25, -0.2) is 8.42 Å². The van der Waals surface area contributed by atoms with E-state index in [2.05, 4.69) is 21.0 Å². The highest BCUT2D eigenvalue weighted by Crippen LogP contribution is 2.30. The second-order valence-corrected chi connectivity index (χ2v) is 5.08. The number of aromatic nitrogens is 2. The van der Waals surface area contributed by atoms with Crippen LogP contribution in [0.1, 0.15) is 5.69 Å². The summed E-state index contributed by atoms with van der Waals surface area (Å²) in [5, 5.41) is 2.91. The van der Waals surface area contributed by atoms with Gasteiger partial charge in [-0.15, -0.1) is 0 Å². The first kappa shape index (κ1) is 11.5. The van der Waals surface area contributed by atoms with Crippen LogP contribution in [0.5, 0.6) is 0 Å². The van der Waals surface area contributed by atoms with E-state index in [1.54, 1.807) is 0 Å². The maximum atomic E-state index is 12.1. The van der Waals surface area contributed by atoms with Gasteiger partial charge in [-0.3, -0.25) is 0 Å². The second-order valence-electron chi connectivity index (χ2n) is 2.46. The molecule has 0 aliphatic rings. The van der Waals surface area contributed by atoms with Crippen molar-refractivity contribution in [2.75, 3.05) is 6.26 Å². The van der Waals surface area contributed by atoms with Gasteiger partial charge in [0, 0.05) is 6.07 Å². The van der Waals surface area contributed by atoms with E-state index in [9.17, 15) is 21.6 Å². The number of nitrogens with zero attached hydrogens (tertiary/aromatic N) is 2. The summed E-state index contributed by atoms with van der Waals surface area (Å²) in [6, 6.07) is 0.598. The molecule has 0 bridgehead atoms. The number of hydrogen-bond acceptors (Lipinski definition) is 3. The van der Waals surface area contributed by atoms with Gasteiger partial charge in [0.2, 0.25) is 0 Å². The molecule has 0 aromatic carbocycles. The maximum Gasteiger partial charge on any atom is 0.435 e. The Morgan fingerprint density at radius 3 is 2.21 bits per heavy atom. The van der Waals surface area contributed by atoms with Gasteiger partial charge in [0.25, 0.3) is 10.0 Å². The third-order valence-electron chi connectivity index (χ3n) is 1.24. The predicted molar refractivity (Wildman–Crippen MR) is 45.2 cm³/mol. The Hall–Kier alpha value is -0.570. The highest BCUT2D eigenvalue weighted by molar-refractivity contribution is 9.10. The van der Waals surface area contributed by atoms with Crippen LogP contribution >= 0.6 is 15.9 Å². The summed E-state index contributed by atoms with van der Waals surface area (Å²) in [6.07, 6.45) is -3.90. The molecule has 0 aliphatic heterocycles. The van der Waals surface area contributed by atoms with E-state index in [1.807, 2.05) is 0 Å². The van der Waals surface area contributed by atoms with Gasteiger partial charge in [0.15, 0.2) is 5.69 Å². The summed E-state index contributed by atoms with van der Waals surface area (Å²) < 4.78 is 58.0. The van der Waals surface area contributed by atoms with Crippen LogP contribution in [0.3, 0.4) is 0 Å². The molecule has 0 fully saturated rings. The lowest BCUT2D eigenvalue weighted by molar-refractivity contribution is -0.141. The monoisotopic (exact) mass is 292 g/mol. The van der Waals surface area contributed by atoms with Gasteiger partial charge in [0.1, 0.15) is 4.60 Å². The Labute approximate surface area is 85.9 Å². The van der Waals surface area contributed by atoms with Gasteiger partial charge < -0.3 is 0 Å². The number of halogens is 4. The first-order valence-corrected chi connectivity index (χ1v) is 5.80. The molecule has 0 atom stereocenters. The van der Waals surface area contributed by atoms with Crippen molar-refractivity contribution in [1.82, 2.24) is 9.19 Å². The zero-order valence-corrected chi connectivity index (χ0v) is 9.11. The molecule has 9 heteroatoms. The van der Waals surface area contributed by atoms with Crippen molar-refractivity contribution in [3.05, 3.63) is 16.4 Å². The largest absolute Gasteiger partial charge is 0.435 e. The molecule has 0 saturated heterocycles. The van der Waals surface area contributed by atoms with Crippen molar-refractivity contribution in [2.45, 2.75) is 6.18 Å². The zero-order chi connectivity index (χ0) is 11.1. The normalized spacial score (nSPS) is 13.2. The summed E-state index contributed by atoms with van der Waals surface area (Å²) in [6.45, 7) is 0. The van der Waals surface area contributed by atoms with Crippen LogP contribution in [0.25, 0.3) is 0 Å². The Morgan fingerprint density at radius 1 is 1.50 bits per heavy atom.